The van der Waals surface area contributed by atoms with Crippen LogP contribution in [0.2, 0.25) is 0 Å². The van der Waals surface area contributed by atoms with Crippen LogP contribution in [0, 0.1) is 20.8 Å². The predicted octanol–water partition coefficient (Wildman–Crippen LogP) is 3.92. The number of nitrogens with zero attached hydrogens (tertiary/aromatic N) is 3. The van der Waals surface area contributed by atoms with E-state index in [9.17, 15) is 9.59 Å². The molecule has 0 spiro atoms. The zero-order chi connectivity index (χ0) is 22.3. The summed E-state index contributed by atoms with van der Waals surface area (Å²) in [5, 5.41) is 0. The van der Waals surface area contributed by atoms with Gasteiger partial charge < -0.3 is 9.80 Å². The first-order chi connectivity index (χ1) is 14.8. The molecule has 1 saturated heterocycles. The van der Waals surface area contributed by atoms with Gasteiger partial charge in [0.25, 0.3) is 11.8 Å². The molecule has 1 fully saturated rings. The van der Waals surface area contributed by atoms with Crippen molar-refractivity contribution in [1.82, 2.24) is 9.80 Å². The molecule has 2 amide bonds. The number of hydrogen-bond donors (Lipinski definition) is 0. The second kappa shape index (κ2) is 8.31. The Morgan fingerprint density at radius 2 is 1.58 bits per heavy atom. The van der Waals surface area contributed by atoms with E-state index in [2.05, 4.69) is 22.9 Å². The van der Waals surface area contributed by atoms with Crippen LogP contribution in [0.5, 0.6) is 0 Å². The van der Waals surface area contributed by atoms with Gasteiger partial charge in [-0.1, -0.05) is 42.0 Å². The Morgan fingerprint density at radius 3 is 2.23 bits per heavy atom. The highest BCUT2D eigenvalue weighted by molar-refractivity contribution is 6.45. The number of hydrogen-bond acceptors (Lipinski definition) is 4. The number of likely N-dealkylation sites (N-methyl/N-ethyl adjacent to an activating group) is 1. The van der Waals surface area contributed by atoms with Gasteiger partial charge in [-0.3, -0.25) is 9.59 Å². The normalized spacial score (nSPS) is 18.3. The minimum absolute atomic E-state index is 0.226. The fourth-order valence-corrected chi connectivity index (χ4v) is 4.78. The lowest BCUT2D eigenvalue weighted by Gasteiger charge is -2.36. The monoisotopic (exact) mass is 417 g/mol. The maximum Gasteiger partial charge on any atom is 0.282 e. The minimum atomic E-state index is -0.235. The molecule has 31 heavy (non-hydrogen) atoms. The number of carbonyl (C=O) groups is 2. The number of likely N-dealkylation sites (tertiary alicyclic amines) is 1. The van der Waals surface area contributed by atoms with Gasteiger partial charge in [0.1, 0.15) is 5.70 Å². The quantitative estimate of drug-likeness (QED) is 0.708. The van der Waals surface area contributed by atoms with Crippen molar-refractivity contribution in [2.24, 2.45) is 0 Å². The molecule has 0 N–H and O–H groups in total. The first-order valence-electron chi connectivity index (χ1n) is 11.0. The highest BCUT2D eigenvalue weighted by Gasteiger charge is 2.44. The van der Waals surface area contributed by atoms with E-state index in [1.807, 2.05) is 64.2 Å². The zero-order valence-electron chi connectivity index (χ0n) is 19.1. The molecular weight excluding hydrogens is 386 g/mol. The molecule has 162 valence electrons. The molecule has 5 heteroatoms. The lowest BCUT2D eigenvalue weighted by molar-refractivity contribution is -0.120. The maximum atomic E-state index is 13.8. The standard InChI is InChI=1S/C26H31N3O2/c1-17-10-11-21(19(3)16-17)23-24(28(5)20-12-14-27(4)15-13-20)26(31)29(25(23)30)22-9-7-6-8-18(22)2/h6-11,16,20H,12-15H2,1-5H3. The third kappa shape index (κ3) is 3.79. The fourth-order valence-electron chi connectivity index (χ4n) is 4.78. The molecule has 0 radical (unpaired) electrons. The van der Waals surface area contributed by atoms with Crippen molar-refractivity contribution >= 4 is 23.1 Å². The number of carbonyl (C=O) groups excluding carboxylic acids is 2. The number of anilines is 1. The molecule has 0 bridgehead atoms. The summed E-state index contributed by atoms with van der Waals surface area (Å²) >= 11 is 0. The van der Waals surface area contributed by atoms with E-state index in [0.717, 1.165) is 48.2 Å². The van der Waals surface area contributed by atoms with Crippen molar-refractivity contribution in [2.45, 2.75) is 39.7 Å². The molecule has 5 nitrogen and oxygen atoms in total. The van der Waals surface area contributed by atoms with Crippen molar-refractivity contribution < 1.29 is 9.59 Å². The van der Waals surface area contributed by atoms with Crippen LogP contribution in [-0.4, -0.2) is 54.8 Å². The smallest absolute Gasteiger partial charge is 0.282 e. The van der Waals surface area contributed by atoms with E-state index in [-0.39, 0.29) is 17.9 Å². The van der Waals surface area contributed by atoms with Crippen LogP contribution in [0.15, 0.2) is 48.2 Å². The average molecular weight is 418 g/mol. The summed E-state index contributed by atoms with van der Waals surface area (Å²) in [5.41, 5.74) is 5.60. The van der Waals surface area contributed by atoms with Crippen LogP contribution in [-0.2, 0) is 9.59 Å². The summed E-state index contributed by atoms with van der Waals surface area (Å²) in [6.07, 6.45) is 1.95. The van der Waals surface area contributed by atoms with Gasteiger partial charge in [0.15, 0.2) is 0 Å². The number of aryl methyl sites for hydroxylation is 3. The van der Waals surface area contributed by atoms with E-state index in [1.165, 1.54) is 4.90 Å². The van der Waals surface area contributed by atoms with Gasteiger partial charge in [0.2, 0.25) is 0 Å². The Balaban J connectivity index is 1.84. The second-order valence-corrected chi connectivity index (χ2v) is 8.92. The number of piperidine rings is 1. The molecule has 0 aromatic heterocycles. The first kappa shape index (κ1) is 21.3. The summed E-state index contributed by atoms with van der Waals surface area (Å²) < 4.78 is 0. The van der Waals surface area contributed by atoms with Gasteiger partial charge in [-0.2, -0.15) is 0 Å². The predicted molar refractivity (Wildman–Crippen MR) is 125 cm³/mol. The molecule has 2 aliphatic heterocycles. The molecule has 2 aromatic carbocycles. The Kier molecular flexibility index (Phi) is 5.71. The molecular formula is C26H31N3O2. The van der Waals surface area contributed by atoms with E-state index >= 15 is 0 Å². The third-order valence-electron chi connectivity index (χ3n) is 6.66. The van der Waals surface area contributed by atoms with Gasteiger partial charge in [-0.05, 0) is 76.5 Å². The van der Waals surface area contributed by atoms with Crippen molar-refractivity contribution in [3.8, 4) is 0 Å². The van der Waals surface area contributed by atoms with Gasteiger partial charge in [-0.25, -0.2) is 4.90 Å². The van der Waals surface area contributed by atoms with E-state index in [1.54, 1.807) is 0 Å². The molecule has 0 unspecified atom stereocenters. The number of rotatable bonds is 4. The molecule has 2 aromatic rings. The van der Waals surface area contributed by atoms with E-state index in [0.29, 0.717) is 17.0 Å². The SMILES string of the molecule is Cc1ccc(C2=C(N(C)C3CCN(C)CC3)C(=O)N(c3ccccc3C)C2=O)c(C)c1. The first-order valence-corrected chi connectivity index (χ1v) is 11.0. The zero-order valence-corrected chi connectivity index (χ0v) is 19.1. The van der Waals surface area contributed by atoms with Crippen molar-refractivity contribution in [2.75, 3.05) is 32.1 Å². The molecule has 4 rings (SSSR count). The Morgan fingerprint density at radius 1 is 0.903 bits per heavy atom. The number of para-hydroxylation sites is 1. The van der Waals surface area contributed by atoms with E-state index in [4.69, 9.17) is 0 Å². The fraction of sp³-hybridized carbons (Fsp3) is 0.385. The lowest BCUT2D eigenvalue weighted by Crippen LogP contribution is -2.43. The van der Waals surface area contributed by atoms with Crippen LogP contribution in [0.25, 0.3) is 5.57 Å². The van der Waals surface area contributed by atoms with Crippen LogP contribution in [0.1, 0.15) is 35.1 Å². The van der Waals surface area contributed by atoms with Crippen LogP contribution < -0.4 is 4.90 Å². The summed E-state index contributed by atoms with van der Waals surface area (Å²) in [5.74, 6) is -0.461. The maximum absolute atomic E-state index is 13.8. The largest absolute Gasteiger partial charge is 0.366 e. The van der Waals surface area contributed by atoms with Crippen LogP contribution >= 0.6 is 0 Å². The average Bonchev–Trinajstić information content (AvgIpc) is 2.99. The number of imide groups is 1. The summed E-state index contributed by atoms with van der Waals surface area (Å²) in [6, 6.07) is 13.9. The molecule has 0 atom stereocenters. The Labute approximate surface area is 184 Å². The summed E-state index contributed by atoms with van der Waals surface area (Å²) in [6.45, 7) is 7.97. The number of benzene rings is 2. The van der Waals surface area contributed by atoms with Crippen molar-refractivity contribution in [1.29, 1.82) is 0 Å². The van der Waals surface area contributed by atoms with Gasteiger partial charge in [0, 0.05) is 13.1 Å². The van der Waals surface area contributed by atoms with Gasteiger partial charge in [0.05, 0.1) is 11.3 Å². The second-order valence-electron chi connectivity index (χ2n) is 8.92. The molecule has 2 heterocycles. The highest BCUT2D eigenvalue weighted by Crippen LogP contribution is 2.38. The molecule has 0 aliphatic carbocycles. The summed E-state index contributed by atoms with van der Waals surface area (Å²) in [7, 11) is 4.10. The van der Waals surface area contributed by atoms with Crippen LogP contribution in [0.3, 0.4) is 0 Å². The highest BCUT2D eigenvalue weighted by atomic mass is 16.2. The summed E-state index contributed by atoms with van der Waals surface area (Å²) in [4.78, 5) is 33.3. The third-order valence-corrected chi connectivity index (χ3v) is 6.66. The number of amides is 2. The van der Waals surface area contributed by atoms with Gasteiger partial charge >= 0.3 is 0 Å². The molecule has 0 saturated carbocycles. The van der Waals surface area contributed by atoms with Crippen LogP contribution in [0.4, 0.5) is 5.69 Å². The van der Waals surface area contributed by atoms with Gasteiger partial charge in [-0.15, -0.1) is 0 Å². The molecule has 2 aliphatic rings. The Hall–Kier alpha value is -2.92. The van der Waals surface area contributed by atoms with Crippen molar-refractivity contribution in [3.05, 3.63) is 70.4 Å². The van der Waals surface area contributed by atoms with E-state index < -0.39 is 0 Å². The lowest BCUT2D eigenvalue weighted by atomic mass is 9.96. The minimum Gasteiger partial charge on any atom is -0.366 e. The topological polar surface area (TPSA) is 43.9 Å². The Bertz CT molecular complexity index is 1060. The van der Waals surface area contributed by atoms with Crippen molar-refractivity contribution in [3.63, 3.8) is 0 Å².